The smallest absolute Gasteiger partial charge is 0.127 e. The third kappa shape index (κ3) is 4.29. The van der Waals surface area contributed by atoms with Gasteiger partial charge in [-0.05, 0) is 44.8 Å². The SMILES string of the molecule is CN(CCC(N)c1ccccc1F)CC1CCCC1. The Bertz CT molecular complexity index is 388. The minimum atomic E-state index is -0.202. The molecule has 0 saturated heterocycles. The summed E-state index contributed by atoms with van der Waals surface area (Å²) in [6.45, 7) is 2.09. The lowest BCUT2D eigenvalue weighted by atomic mass is 10.0. The normalized spacial score (nSPS) is 18.1. The van der Waals surface area contributed by atoms with Crippen molar-refractivity contribution in [2.45, 2.75) is 38.1 Å². The van der Waals surface area contributed by atoms with Crippen LogP contribution in [0.5, 0.6) is 0 Å². The first kappa shape index (κ1) is 14.5. The standard InChI is InChI=1S/C16H25FN2/c1-19(12-13-6-2-3-7-13)11-10-16(18)14-8-4-5-9-15(14)17/h4-5,8-9,13,16H,2-3,6-7,10-12,18H2,1H3. The van der Waals surface area contributed by atoms with Crippen molar-refractivity contribution in [1.82, 2.24) is 4.90 Å². The average Bonchev–Trinajstić information content (AvgIpc) is 2.89. The van der Waals surface area contributed by atoms with Gasteiger partial charge in [-0.15, -0.1) is 0 Å². The van der Waals surface area contributed by atoms with Gasteiger partial charge in [-0.3, -0.25) is 0 Å². The highest BCUT2D eigenvalue weighted by Crippen LogP contribution is 2.25. The van der Waals surface area contributed by atoms with Crippen LogP contribution in [0.2, 0.25) is 0 Å². The van der Waals surface area contributed by atoms with E-state index in [9.17, 15) is 4.39 Å². The summed E-state index contributed by atoms with van der Waals surface area (Å²) in [5, 5.41) is 0. The van der Waals surface area contributed by atoms with E-state index < -0.39 is 0 Å². The molecule has 1 aromatic rings. The van der Waals surface area contributed by atoms with E-state index in [2.05, 4.69) is 11.9 Å². The Morgan fingerprint density at radius 1 is 1.32 bits per heavy atom. The van der Waals surface area contributed by atoms with E-state index in [1.807, 2.05) is 6.07 Å². The van der Waals surface area contributed by atoms with Gasteiger partial charge in [0.05, 0.1) is 0 Å². The molecule has 2 nitrogen and oxygen atoms in total. The molecule has 3 heteroatoms. The predicted molar refractivity (Wildman–Crippen MR) is 77.4 cm³/mol. The molecule has 0 bridgehead atoms. The largest absolute Gasteiger partial charge is 0.324 e. The lowest BCUT2D eigenvalue weighted by Crippen LogP contribution is -2.28. The van der Waals surface area contributed by atoms with Gasteiger partial charge >= 0.3 is 0 Å². The molecule has 0 radical (unpaired) electrons. The summed E-state index contributed by atoms with van der Waals surface area (Å²) >= 11 is 0. The second kappa shape index (κ2) is 7.01. The fourth-order valence-corrected chi connectivity index (χ4v) is 3.02. The minimum Gasteiger partial charge on any atom is -0.324 e. The second-order valence-corrected chi connectivity index (χ2v) is 5.83. The summed E-state index contributed by atoms with van der Waals surface area (Å²) in [7, 11) is 2.15. The van der Waals surface area contributed by atoms with Crippen LogP contribution in [0.4, 0.5) is 4.39 Å². The molecule has 1 saturated carbocycles. The monoisotopic (exact) mass is 264 g/mol. The van der Waals surface area contributed by atoms with E-state index in [0.29, 0.717) is 5.56 Å². The molecule has 2 rings (SSSR count). The van der Waals surface area contributed by atoms with Crippen molar-refractivity contribution in [3.05, 3.63) is 35.6 Å². The first-order chi connectivity index (χ1) is 9.16. The van der Waals surface area contributed by atoms with Crippen LogP contribution in [0.15, 0.2) is 24.3 Å². The van der Waals surface area contributed by atoms with Gasteiger partial charge < -0.3 is 10.6 Å². The number of rotatable bonds is 6. The van der Waals surface area contributed by atoms with E-state index in [1.165, 1.54) is 31.7 Å². The van der Waals surface area contributed by atoms with Gasteiger partial charge in [-0.1, -0.05) is 31.0 Å². The Balaban J connectivity index is 1.76. The summed E-state index contributed by atoms with van der Waals surface area (Å²) in [6, 6.07) is 6.62. The van der Waals surface area contributed by atoms with Crippen molar-refractivity contribution in [3.63, 3.8) is 0 Å². The number of hydrogen-bond acceptors (Lipinski definition) is 2. The molecule has 1 fully saturated rings. The quantitative estimate of drug-likeness (QED) is 0.854. The Morgan fingerprint density at radius 2 is 2.00 bits per heavy atom. The molecule has 0 aliphatic heterocycles. The van der Waals surface area contributed by atoms with Crippen molar-refractivity contribution < 1.29 is 4.39 Å². The van der Waals surface area contributed by atoms with Crippen molar-refractivity contribution in [2.75, 3.05) is 20.1 Å². The zero-order valence-electron chi connectivity index (χ0n) is 11.8. The molecule has 0 spiro atoms. The summed E-state index contributed by atoms with van der Waals surface area (Å²) in [5.74, 6) is 0.670. The maximum atomic E-state index is 13.6. The van der Waals surface area contributed by atoms with Crippen LogP contribution < -0.4 is 5.73 Å². The first-order valence-corrected chi connectivity index (χ1v) is 7.35. The lowest BCUT2D eigenvalue weighted by molar-refractivity contribution is 0.268. The second-order valence-electron chi connectivity index (χ2n) is 5.83. The predicted octanol–water partition coefficient (Wildman–Crippen LogP) is 3.34. The van der Waals surface area contributed by atoms with Crippen LogP contribution in [-0.2, 0) is 0 Å². The maximum Gasteiger partial charge on any atom is 0.127 e. The van der Waals surface area contributed by atoms with Crippen molar-refractivity contribution in [3.8, 4) is 0 Å². The average molecular weight is 264 g/mol. The van der Waals surface area contributed by atoms with Crippen molar-refractivity contribution in [1.29, 1.82) is 0 Å². The van der Waals surface area contributed by atoms with Crippen LogP contribution in [-0.4, -0.2) is 25.0 Å². The number of halogens is 1. The minimum absolute atomic E-state index is 0.187. The van der Waals surface area contributed by atoms with Gasteiger partial charge in [0.15, 0.2) is 0 Å². The third-order valence-electron chi connectivity index (χ3n) is 4.17. The maximum absolute atomic E-state index is 13.6. The van der Waals surface area contributed by atoms with E-state index in [1.54, 1.807) is 12.1 Å². The molecule has 0 heterocycles. The summed E-state index contributed by atoms with van der Waals surface area (Å²) in [5.41, 5.74) is 6.72. The van der Waals surface area contributed by atoms with Crippen LogP contribution in [0, 0.1) is 11.7 Å². The molecule has 1 aliphatic carbocycles. The van der Waals surface area contributed by atoms with E-state index in [-0.39, 0.29) is 11.9 Å². The Kier molecular flexibility index (Phi) is 5.34. The highest BCUT2D eigenvalue weighted by Gasteiger charge is 2.17. The van der Waals surface area contributed by atoms with Gasteiger partial charge in [0, 0.05) is 18.2 Å². The Hall–Kier alpha value is -0.930. The van der Waals surface area contributed by atoms with Gasteiger partial charge in [-0.2, -0.15) is 0 Å². The highest BCUT2D eigenvalue weighted by molar-refractivity contribution is 5.20. The third-order valence-corrected chi connectivity index (χ3v) is 4.17. The van der Waals surface area contributed by atoms with Crippen LogP contribution in [0.3, 0.4) is 0 Å². The highest BCUT2D eigenvalue weighted by atomic mass is 19.1. The van der Waals surface area contributed by atoms with Gasteiger partial charge in [0.2, 0.25) is 0 Å². The molecule has 1 atom stereocenters. The molecule has 1 unspecified atom stereocenters. The fourth-order valence-electron chi connectivity index (χ4n) is 3.02. The molecule has 1 aromatic carbocycles. The molecule has 0 amide bonds. The summed E-state index contributed by atoms with van der Waals surface area (Å²) < 4.78 is 13.6. The fraction of sp³-hybridized carbons (Fsp3) is 0.625. The molecular weight excluding hydrogens is 239 g/mol. The Morgan fingerprint density at radius 3 is 2.68 bits per heavy atom. The molecule has 106 valence electrons. The number of hydrogen-bond donors (Lipinski definition) is 1. The van der Waals surface area contributed by atoms with Gasteiger partial charge in [-0.25, -0.2) is 4.39 Å². The number of nitrogens with two attached hydrogens (primary N) is 1. The zero-order chi connectivity index (χ0) is 13.7. The Labute approximate surface area is 115 Å². The van der Waals surface area contributed by atoms with Gasteiger partial charge in [0.25, 0.3) is 0 Å². The molecule has 19 heavy (non-hydrogen) atoms. The molecule has 1 aliphatic rings. The summed E-state index contributed by atoms with van der Waals surface area (Å²) in [6.07, 6.45) is 6.30. The lowest BCUT2D eigenvalue weighted by Gasteiger charge is -2.22. The van der Waals surface area contributed by atoms with E-state index in [0.717, 1.165) is 25.4 Å². The molecule has 0 aromatic heterocycles. The van der Waals surface area contributed by atoms with E-state index >= 15 is 0 Å². The number of benzene rings is 1. The van der Waals surface area contributed by atoms with Crippen molar-refractivity contribution in [2.24, 2.45) is 11.7 Å². The van der Waals surface area contributed by atoms with Gasteiger partial charge in [0.1, 0.15) is 5.82 Å². The van der Waals surface area contributed by atoms with Crippen LogP contribution >= 0.6 is 0 Å². The van der Waals surface area contributed by atoms with Crippen LogP contribution in [0.25, 0.3) is 0 Å². The molecule has 2 N–H and O–H groups in total. The summed E-state index contributed by atoms with van der Waals surface area (Å²) in [4.78, 5) is 2.34. The van der Waals surface area contributed by atoms with Crippen molar-refractivity contribution >= 4 is 0 Å². The molecular formula is C16H25FN2. The van der Waals surface area contributed by atoms with E-state index in [4.69, 9.17) is 5.73 Å². The topological polar surface area (TPSA) is 29.3 Å². The van der Waals surface area contributed by atoms with Crippen LogP contribution in [0.1, 0.15) is 43.7 Å². The first-order valence-electron chi connectivity index (χ1n) is 7.35. The zero-order valence-corrected chi connectivity index (χ0v) is 11.8. The number of nitrogens with zero attached hydrogens (tertiary/aromatic N) is 1.